The molecule has 0 atom stereocenters. The topological polar surface area (TPSA) is 49.8 Å². The summed E-state index contributed by atoms with van der Waals surface area (Å²) in [6.07, 6.45) is 0. The lowest BCUT2D eigenvalue weighted by atomic mass is 10.0. The molecule has 0 aliphatic carbocycles. The Hall–Kier alpha value is -2.29. The largest absolute Gasteiger partial charge is 0.320 e. The Morgan fingerprint density at radius 1 is 1.00 bits per heavy atom. The molecule has 0 fully saturated rings. The van der Waals surface area contributed by atoms with Gasteiger partial charge in [0.25, 0.3) is 0 Å². The van der Waals surface area contributed by atoms with Crippen LogP contribution in [0.3, 0.4) is 0 Å². The summed E-state index contributed by atoms with van der Waals surface area (Å²) in [6.45, 7) is 0.366. The van der Waals surface area contributed by atoms with E-state index < -0.39 is 0 Å². The number of nitriles is 1. The molecule has 0 heterocycles. The lowest BCUT2D eigenvalue weighted by Gasteiger charge is -1.98. The Balaban J connectivity index is 2.52. The molecule has 2 N–H and O–H groups in total. The molecule has 16 heavy (non-hydrogen) atoms. The fourth-order valence-corrected chi connectivity index (χ4v) is 1.55. The van der Waals surface area contributed by atoms with Gasteiger partial charge >= 0.3 is 0 Å². The minimum Gasteiger partial charge on any atom is -0.320 e. The molecule has 0 saturated heterocycles. The lowest BCUT2D eigenvalue weighted by Crippen LogP contribution is -1.92. The normalized spacial score (nSPS) is 9.25. The van der Waals surface area contributed by atoms with Crippen molar-refractivity contribution in [3.8, 4) is 17.9 Å². The maximum atomic E-state index is 8.78. The lowest BCUT2D eigenvalue weighted by molar-refractivity contribution is 1.30. The molecule has 0 aliphatic rings. The summed E-state index contributed by atoms with van der Waals surface area (Å²) in [5, 5.41) is 10.9. The van der Waals surface area contributed by atoms with E-state index in [0.717, 1.165) is 16.3 Å². The summed E-state index contributed by atoms with van der Waals surface area (Å²) in [5.74, 6) is 5.80. The van der Waals surface area contributed by atoms with E-state index in [1.54, 1.807) is 0 Å². The van der Waals surface area contributed by atoms with Crippen LogP contribution in [0.1, 0.15) is 11.1 Å². The van der Waals surface area contributed by atoms with Gasteiger partial charge in [0.15, 0.2) is 0 Å². The van der Waals surface area contributed by atoms with Gasteiger partial charge in [-0.05, 0) is 35.0 Å². The van der Waals surface area contributed by atoms with Crippen LogP contribution < -0.4 is 5.73 Å². The van der Waals surface area contributed by atoms with E-state index in [0.29, 0.717) is 12.1 Å². The first-order valence-electron chi connectivity index (χ1n) is 4.96. The monoisotopic (exact) mass is 206 g/mol. The molecule has 2 rings (SSSR count). The highest BCUT2D eigenvalue weighted by atomic mass is 14.5. The summed E-state index contributed by atoms with van der Waals surface area (Å²) in [5.41, 5.74) is 6.94. The number of hydrogen-bond acceptors (Lipinski definition) is 2. The third kappa shape index (κ3) is 2.03. The number of rotatable bonds is 0. The summed E-state index contributed by atoms with van der Waals surface area (Å²) >= 11 is 0. The van der Waals surface area contributed by atoms with Crippen molar-refractivity contribution in [3.05, 3.63) is 47.5 Å². The number of hydrogen-bond donors (Lipinski definition) is 1. The summed E-state index contributed by atoms with van der Waals surface area (Å²) < 4.78 is 0. The SMILES string of the molecule is N#Cc1ccc2cc(C#CCN)ccc2c1. The maximum absolute atomic E-state index is 8.78. The van der Waals surface area contributed by atoms with Gasteiger partial charge in [-0.3, -0.25) is 0 Å². The molecule has 2 aromatic carbocycles. The van der Waals surface area contributed by atoms with Gasteiger partial charge in [0.1, 0.15) is 0 Å². The third-order valence-electron chi connectivity index (χ3n) is 2.30. The van der Waals surface area contributed by atoms with Crippen molar-refractivity contribution in [1.29, 1.82) is 5.26 Å². The van der Waals surface area contributed by atoms with Crippen LogP contribution in [0.25, 0.3) is 10.8 Å². The molecule has 0 radical (unpaired) electrons. The standard InChI is InChI=1S/C14H10N2/c15-7-1-2-11-3-5-14-9-12(10-16)4-6-13(14)8-11/h3-6,8-9H,7,15H2. The smallest absolute Gasteiger partial charge is 0.0991 e. The molecule has 0 saturated carbocycles. The number of nitrogens with two attached hydrogens (primary N) is 1. The van der Waals surface area contributed by atoms with Crippen LogP contribution in [0.4, 0.5) is 0 Å². The van der Waals surface area contributed by atoms with Crippen molar-refractivity contribution in [2.75, 3.05) is 6.54 Å². The van der Waals surface area contributed by atoms with E-state index in [2.05, 4.69) is 17.9 Å². The highest BCUT2D eigenvalue weighted by Crippen LogP contribution is 2.17. The van der Waals surface area contributed by atoms with Gasteiger partial charge in [0, 0.05) is 5.56 Å². The average Bonchev–Trinajstić information content (AvgIpc) is 2.35. The molecule has 0 aliphatic heterocycles. The molecule has 76 valence electrons. The second-order valence-corrected chi connectivity index (χ2v) is 3.39. The molecular weight excluding hydrogens is 196 g/mol. The van der Waals surface area contributed by atoms with Crippen molar-refractivity contribution < 1.29 is 0 Å². The first kappa shape index (κ1) is 10.2. The fraction of sp³-hybridized carbons (Fsp3) is 0.0714. The number of fused-ring (bicyclic) bond motifs is 1. The predicted octanol–water partition coefficient (Wildman–Crippen LogP) is 2.02. The number of benzene rings is 2. The molecule has 0 amide bonds. The summed E-state index contributed by atoms with van der Waals surface area (Å²) in [6, 6.07) is 13.6. The highest BCUT2D eigenvalue weighted by Gasteiger charge is 1.96. The van der Waals surface area contributed by atoms with Gasteiger partial charge in [-0.15, -0.1) is 0 Å². The summed E-state index contributed by atoms with van der Waals surface area (Å²) in [4.78, 5) is 0. The minimum atomic E-state index is 0.366. The van der Waals surface area contributed by atoms with Crippen LogP contribution in [0.15, 0.2) is 36.4 Å². The van der Waals surface area contributed by atoms with Crippen molar-refractivity contribution >= 4 is 10.8 Å². The van der Waals surface area contributed by atoms with Gasteiger partial charge in [0.05, 0.1) is 18.2 Å². The average molecular weight is 206 g/mol. The summed E-state index contributed by atoms with van der Waals surface area (Å²) in [7, 11) is 0. The maximum Gasteiger partial charge on any atom is 0.0991 e. The van der Waals surface area contributed by atoms with Gasteiger partial charge in [-0.2, -0.15) is 5.26 Å². The Kier molecular flexibility index (Phi) is 2.87. The van der Waals surface area contributed by atoms with E-state index in [-0.39, 0.29) is 0 Å². The van der Waals surface area contributed by atoms with Crippen LogP contribution >= 0.6 is 0 Å². The van der Waals surface area contributed by atoms with Gasteiger partial charge < -0.3 is 5.73 Å². The Morgan fingerprint density at radius 2 is 1.62 bits per heavy atom. The Morgan fingerprint density at radius 3 is 2.25 bits per heavy atom. The van der Waals surface area contributed by atoms with Crippen LogP contribution in [-0.2, 0) is 0 Å². The zero-order valence-corrected chi connectivity index (χ0v) is 8.70. The highest BCUT2D eigenvalue weighted by molar-refractivity contribution is 5.85. The Labute approximate surface area is 94.3 Å². The number of nitrogens with zero attached hydrogens (tertiary/aromatic N) is 1. The van der Waals surface area contributed by atoms with Crippen molar-refractivity contribution in [2.45, 2.75) is 0 Å². The fourth-order valence-electron chi connectivity index (χ4n) is 1.55. The van der Waals surface area contributed by atoms with Crippen molar-refractivity contribution in [3.63, 3.8) is 0 Å². The molecule has 2 aromatic rings. The van der Waals surface area contributed by atoms with E-state index in [4.69, 9.17) is 11.0 Å². The molecule has 0 spiro atoms. The predicted molar refractivity (Wildman–Crippen MR) is 64.6 cm³/mol. The van der Waals surface area contributed by atoms with Gasteiger partial charge in [-0.25, -0.2) is 0 Å². The van der Waals surface area contributed by atoms with Gasteiger partial charge in [-0.1, -0.05) is 24.0 Å². The quantitative estimate of drug-likeness (QED) is 0.670. The molecule has 0 unspecified atom stereocenters. The second-order valence-electron chi connectivity index (χ2n) is 3.39. The van der Waals surface area contributed by atoms with Crippen molar-refractivity contribution in [1.82, 2.24) is 0 Å². The van der Waals surface area contributed by atoms with E-state index in [9.17, 15) is 0 Å². The van der Waals surface area contributed by atoms with E-state index >= 15 is 0 Å². The molecule has 0 aromatic heterocycles. The van der Waals surface area contributed by atoms with Gasteiger partial charge in [0.2, 0.25) is 0 Å². The van der Waals surface area contributed by atoms with E-state index in [1.165, 1.54) is 0 Å². The Bertz CT molecular complexity index is 624. The zero-order valence-electron chi connectivity index (χ0n) is 8.70. The second kappa shape index (κ2) is 4.49. The van der Waals surface area contributed by atoms with Crippen molar-refractivity contribution in [2.24, 2.45) is 5.73 Å². The van der Waals surface area contributed by atoms with Crippen LogP contribution in [0, 0.1) is 23.2 Å². The molecule has 2 heteroatoms. The first-order chi connectivity index (χ1) is 7.83. The minimum absolute atomic E-state index is 0.366. The molecule has 2 nitrogen and oxygen atoms in total. The van der Waals surface area contributed by atoms with E-state index in [1.807, 2.05) is 36.4 Å². The third-order valence-corrected chi connectivity index (χ3v) is 2.30. The molecular formula is C14H10N2. The first-order valence-corrected chi connectivity index (χ1v) is 4.96. The van der Waals surface area contributed by atoms with Crippen LogP contribution in [0.2, 0.25) is 0 Å². The van der Waals surface area contributed by atoms with Crippen LogP contribution in [-0.4, -0.2) is 6.54 Å². The zero-order chi connectivity index (χ0) is 11.4. The van der Waals surface area contributed by atoms with Crippen LogP contribution in [0.5, 0.6) is 0 Å². The molecule has 0 bridgehead atoms.